The van der Waals surface area contributed by atoms with Crippen molar-refractivity contribution in [2.45, 2.75) is 24.8 Å². The van der Waals surface area contributed by atoms with Crippen LogP contribution in [0.2, 0.25) is 0 Å². The number of hydrogen-bond donors (Lipinski definition) is 1. The van der Waals surface area contributed by atoms with E-state index >= 15 is 0 Å². The molecule has 2 nitrogen and oxygen atoms in total. The number of aryl methyl sites for hydroxylation is 1. The Hall–Kier alpha value is -1.19. The van der Waals surface area contributed by atoms with Crippen LogP contribution in [0.1, 0.15) is 28.8 Å². The average molecular weight is 244 g/mol. The monoisotopic (exact) mass is 244 g/mol. The molecule has 0 spiro atoms. The third kappa shape index (κ3) is 1.61. The van der Waals surface area contributed by atoms with Crippen LogP contribution in [0.4, 0.5) is 0 Å². The second kappa shape index (κ2) is 4.24. The third-order valence-corrected chi connectivity index (χ3v) is 4.73. The molecule has 3 rings (SSSR count). The van der Waals surface area contributed by atoms with Crippen molar-refractivity contribution in [1.29, 1.82) is 0 Å². The highest BCUT2D eigenvalue weighted by atomic mass is 32.1. The molecule has 88 valence electrons. The second-order valence-corrected chi connectivity index (χ2v) is 5.36. The van der Waals surface area contributed by atoms with Gasteiger partial charge in [-0.1, -0.05) is 30.3 Å². The Morgan fingerprint density at radius 1 is 1.29 bits per heavy atom. The molecule has 1 aromatic carbocycles. The zero-order valence-electron chi connectivity index (χ0n) is 9.94. The van der Waals surface area contributed by atoms with E-state index in [4.69, 9.17) is 0 Å². The molecule has 1 atom stereocenters. The predicted molar refractivity (Wildman–Crippen MR) is 71.3 cm³/mol. The van der Waals surface area contributed by atoms with Crippen molar-refractivity contribution in [3.8, 4) is 0 Å². The zero-order chi connectivity index (χ0) is 11.7. The van der Waals surface area contributed by atoms with Crippen molar-refractivity contribution < 1.29 is 0 Å². The Bertz CT molecular complexity index is 506. The van der Waals surface area contributed by atoms with Gasteiger partial charge in [-0.05, 0) is 49.0 Å². The number of benzene rings is 1. The lowest BCUT2D eigenvalue weighted by atomic mass is 9.77. The molecule has 1 aliphatic carbocycles. The summed E-state index contributed by atoms with van der Waals surface area (Å²) in [7, 11) is 2.06. The van der Waals surface area contributed by atoms with Crippen LogP contribution in [0, 0.1) is 0 Å². The third-order valence-electron chi connectivity index (χ3n) is 3.72. The first-order chi connectivity index (χ1) is 8.37. The predicted octanol–water partition coefficient (Wildman–Crippen LogP) is 2.94. The maximum absolute atomic E-state index is 4.37. The molecule has 1 unspecified atom stereocenters. The van der Waals surface area contributed by atoms with Gasteiger partial charge in [0, 0.05) is 6.20 Å². The summed E-state index contributed by atoms with van der Waals surface area (Å²) in [5, 5.41) is 3.55. The van der Waals surface area contributed by atoms with Gasteiger partial charge in [-0.3, -0.25) is 0 Å². The summed E-state index contributed by atoms with van der Waals surface area (Å²) in [6.45, 7) is 0. The Morgan fingerprint density at radius 3 is 2.88 bits per heavy atom. The van der Waals surface area contributed by atoms with Crippen LogP contribution >= 0.6 is 11.5 Å². The molecule has 1 N–H and O–H groups in total. The molecule has 1 heterocycles. The molecule has 0 saturated heterocycles. The van der Waals surface area contributed by atoms with Crippen molar-refractivity contribution in [2.75, 3.05) is 7.05 Å². The highest BCUT2D eigenvalue weighted by Crippen LogP contribution is 2.42. The van der Waals surface area contributed by atoms with Crippen molar-refractivity contribution in [3.05, 3.63) is 52.5 Å². The maximum atomic E-state index is 4.37. The summed E-state index contributed by atoms with van der Waals surface area (Å²) < 4.78 is 4.37. The van der Waals surface area contributed by atoms with Crippen LogP contribution in [0.5, 0.6) is 0 Å². The number of hydrogen-bond acceptors (Lipinski definition) is 3. The van der Waals surface area contributed by atoms with Crippen LogP contribution in [-0.4, -0.2) is 11.4 Å². The molecule has 0 saturated carbocycles. The summed E-state index contributed by atoms with van der Waals surface area (Å²) in [5.41, 5.74) is 2.75. The van der Waals surface area contributed by atoms with Gasteiger partial charge in [0.15, 0.2) is 0 Å². The van der Waals surface area contributed by atoms with Gasteiger partial charge in [-0.25, -0.2) is 4.37 Å². The standard InChI is InChI=1S/C14H16N2S/c1-15-14(12-7-3-2-4-8-12)9-5-6-11-10-16-17-13(11)14/h2-4,7-8,10,15H,5-6,9H2,1H3. The van der Waals surface area contributed by atoms with E-state index in [9.17, 15) is 0 Å². The summed E-state index contributed by atoms with van der Waals surface area (Å²) in [6, 6.07) is 10.7. The molecule has 0 amide bonds. The van der Waals surface area contributed by atoms with Crippen molar-refractivity contribution in [1.82, 2.24) is 9.69 Å². The number of aromatic nitrogens is 1. The molecule has 0 fully saturated rings. The molecular formula is C14H16N2S. The van der Waals surface area contributed by atoms with Crippen LogP contribution in [0.25, 0.3) is 0 Å². The van der Waals surface area contributed by atoms with Crippen molar-refractivity contribution in [3.63, 3.8) is 0 Å². The topological polar surface area (TPSA) is 24.9 Å². The van der Waals surface area contributed by atoms with E-state index in [-0.39, 0.29) is 5.54 Å². The first-order valence-electron chi connectivity index (χ1n) is 6.05. The molecule has 1 aromatic heterocycles. The summed E-state index contributed by atoms with van der Waals surface area (Å²) in [4.78, 5) is 1.40. The molecule has 0 bridgehead atoms. The number of nitrogens with one attached hydrogen (secondary N) is 1. The fourth-order valence-corrected chi connectivity index (χ4v) is 3.86. The van der Waals surface area contributed by atoms with Gasteiger partial charge in [0.1, 0.15) is 0 Å². The SMILES string of the molecule is CNC1(c2ccccc2)CCCc2cnsc21. The quantitative estimate of drug-likeness (QED) is 0.878. The summed E-state index contributed by atoms with van der Waals surface area (Å²) >= 11 is 1.64. The first kappa shape index (κ1) is 10.9. The van der Waals surface area contributed by atoms with E-state index in [2.05, 4.69) is 47.1 Å². The lowest BCUT2D eigenvalue weighted by Gasteiger charge is -2.37. The van der Waals surface area contributed by atoms with E-state index in [1.165, 1.54) is 28.8 Å². The van der Waals surface area contributed by atoms with Gasteiger partial charge in [0.2, 0.25) is 0 Å². The smallest absolute Gasteiger partial charge is 0.0800 e. The highest BCUT2D eigenvalue weighted by Gasteiger charge is 2.38. The van der Waals surface area contributed by atoms with Crippen molar-refractivity contribution >= 4 is 11.5 Å². The molecule has 17 heavy (non-hydrogen) atoms. The molecule has 2 aromatic rings. The molecular weight excluding hydrogens is 228 g/mol. The average Bonchev–Trinajstić information content (AvgIpc) is 2.88. The second-order valence-electron chi connectivity index (χ2n) is 4.56. The Labute approximate surface area is 106 Å². The zero-order valence-corrected chi connectivity index (χ0v) is 10.8. The van der Waals surface area contributed by atoms with Gasteiger partial charge in [-0.15, -0.1) is 0 Å². The Balaban J connectivity index is 2.17. The van der Waals surface area contributed by atoms with Gasteiger partial charge < -0.3 is 5.32 Å². The highest BCUT2D eigenvalue weighted by molar-refractivity contribution is 7.06. The number of rotatable bonds is 2. The lowest BCUT2D eigenvalue weighted by Crippen LogP contribution is -2.42. The van der Waals surface area contributed by atoms with E-state index < -0.39 is 0 Å². The Morgan fingerprint density at radius 2 is 2.12 bits per heavy atom. The van der Waals surface area contributed by atoms with Crippen molar-refractivity contribution in [2.24, 2.45) is 0 Å². The number of nitrogens with zero attached hydrogens (tertiary/aromatic N) is 1. The largest absolute Gasteiger partial charge is 0.306 e. The minimum absolute atomic E-state index is 0.0178. The van der Waals surface area contributed by atoms with Crippen LogP contribution in [-0.2, 0) is 12.0 Å². The summed E-state index contributed by atoms with van der Waals surface area (Å²) in [6.07, 6.45) is 5.58. The lowest BCUT2D eigenvalue weighted by molar-refractivity contribution is 0.379. The fraction of sp³-hybridized carbons (Fsp3) is 0.357. The maximum Gasteiger partial charge on any atom is 0.0800 e. The van der Waals surface area contributed by atoms with E-state index in [1.807, 2.05) is 6.20 Å². The van der Waals surface area contributed by atoms with E-state index in [0.717, 1.165) is 6.42 Å². The van der Waals surface area contributed by atoms with Crippen LogP contribution in [0.3, 0.4) is 0 Å². The van der Waals surface area contributed by atoms with Gasteiger partial charge >= 0.3 is 0 Å². The van der Waals surface area contributed by atoms with Gasteiger partial charge in [-0.2, -0.15) is 0 Å². The number of fused-ring (bicyclic) bond motifs is 1. The first-order valence-corrected chi connectivity index (χ1v) is 6.82. The summed E-state index contributed by atoms with van der Waals surface area (Å²) in [5.74, 6) is 0. The Kier molecular flexibility index (Phi) is 2.73. The minimum atomic E-state index is -0.0178. The van der Waals surface area contributed by atoms with Gasteiger partial charge in [0.25, 0.3) is 0 Å². The van der Waals surface area contributed by atoms with Crippen LogP contribution in [0.15, 0.2) is 36.5 Å². The molecule has 1 aliphatic rings. The fourth-order valence-electron chi connectivity index (χ4n) is 2.83. The normalized spacial score (nSPS) is 23.4. The molecule has 3 heteroatoms. The molecule has 0 aliphatic heterocycles. The van der Waals surface area contributed by atoms with E-state index in [1.54, 1.807) is 11.5 Å². The molecule has 0 radical (unpaired) electrons. The van der Waals surface area contributed by atoms with Crippen LogP contribution < -0.4 is 5.32 Å². The van der Waals surface area contributed by atoms with E-state index in [0.29, 0.717) is 0 Å². The van der Waals surface area contributed by atoms with Gasteiger partial charge in [0.05, 0.1) is 10.4 Å². The minimum Gasteiger partial charge on any atom is -0.306 e.